The number of aliphatic hydroxyl groups excluding tert-OH is 2. The molecule has 0 fully saturated rings. The van der Waals surface area contributed by atoms with Gasteiger partial charge in [0.05, 0.1) is 6.10 Å². The number of rotatable bonds is 13. The maximum atomic E-state index is 10.4. The Bertz CT molecular complexity index is 943. The Hall–Kier alpha value is -4.32. The van der Waals surface area contributed by atoms with Gasteiger partial charge in [0.25, 0.3) is 0 Å². The summed E-state index contributed by atoms with van der Waals surface area (Å²) < 4.78 is 0. The van der Waals surface area contributed by atoms with E-state index in [-0.39, 0.29) is 31.3 Å². The van der Waals surface area contributed by atoms with E-state index in [1.807, 2.05) is 51.1 Å². The predicted octanol–water partition coefficient (Wildman–Crippen LogP) is -1.48. The quantitative estimate of drug-likeness (QED) is 0.0884. The number of primary amides is 1. The number of benzene rings is 1. The van der Waals surface area contributed by atoms with Crippen LogP contribution in [0.3, 0.4) is 0 Å². The summed E-state index contributed by atoms with van der Waals surface area (Å²) in [5, 5.41) is 49.7. The third-order valence-corrected chi connectivity index (χ3v) is 4.24. The van der Waals surface area contributed by atoms with Crippen LogP contribution in [0.15, 0.2) is 35.3 Å². The number of nitrogens with zero attached hydrogens (tertiary/aromatic N) is 1. The van der Waals surface area contributed by atoms with Crippen LogP contribution in [0.4, 0.5) is 0 Å². The van der Waals surface area contributed by atoms with E-state index in [1.165, 1.54) is 0 Å². The second kappa shape index (κ2) is 29.2. The fourth-order valence-electron chi connectivity index (χ4n) is 2.19. The summed E-state index contributed by atoms with van der Waals surface area (Å²) >= 11 is 0. The van der Waals surface area contributed by atoms with E-state index in [1.54, 1.807) is 0 Å². The van der Waals surface area contributed by atoms with Gasteiger partial charge in [0.1, 0.15) is 18.7 Å². The minimum absolute atomic E-state index is 0.101. The van der Waals surface area contributed by atoms with Gasteiger partial charge in [-0.25, -0.2) is 0 Å². The number of hydrogen-bond acceptors (Lipinski definition) is 10. The third kappa shape index (κ3) is 39.9. The van der Waals surface area contributed by atoms with Crippen molar-refractivity contribution < 1.29 is 54.6 Å². The van der Waals surface area contributed by atoms with Crippen LogP contribution in [0.25, 0.3) is 0 Å². The van der Waals surface area contributed by atoms with Crippen LogP contribution in [0.2, 0.25) is 0 Å². The highest BCUT2D eigenvalue weighted by Gasteiger charge is 2.21. The first kappa shape index (κ1) is 45.7. The molecule has 0 saturated carbocycles. The van der Waals surface area contributed by atoms with Crippen LogP contribution in [-0.2, 0) is 30.4 Å². The van der Waals surface area contributed by atoms with E-state index in [0.717, 1.165) is 12.0 Å². The lowest BCUT2D eigenvalue weighted by Crippen LogP contribution is -2.42. The molecule has 1 amide bonds. The van der Waals surface area contributed by atoms with E-state index >= 15 is 0 Å². The molecule has 1 rings (SSSR count). The Morgan fingerprint density at radius 1 is 0.860 bits per heavy atom. The number of aliphatic imine (C=N–C) groups is 1. The van der Waals surface area contributed by atoms with Gasteiger partial charge in [0.15, 0.2) is 5.96 Å². The van der Waals surface area contributed by atoms with Gasteiger partial charge in [-0.15, -0.1) is 0 Å². The molecular weight excluding hydrogens is 572 g/mol. The van der Waals surface area contributed by atoms with Crippen LogP contribution in [-0.4, -0.2) is 97.7 Å². The molecule has 0 saturated heterocycles. The van der Waals surface area contributed by atoms with Crippen molar-refractivity contribution in [3.8, 4) is 0 Å². The maximum Gasteiger partial charge on any atom is 0.323 e. The number of carboxylic acids is 4. The Labute approximate surface area is 250 Å². The Morgan fingerprint density at radius 2 is 1.35 bits per heavy atom. The molecule has 0 bridgehead atoms. The van der Waals surface area contributed by atoms with Gasteiger partial charge >= 0.3 is 23.9 Å². The van der Waals surface area contributed by atoms with E-state index < -0.39 is 54.6 Å². The van der Waals surface area contributed by atoms with Crippen molar-refractivity contribution in [1.29, 1.82) is 0 Å². The second-order valence-electron chi connectivity index (χ2n) is 8.92. The average molecular weight is 621 g/mol. The van der Waals surface area contributed by atoms with Gasteiger partial charge in [-0.3, -0.25) is 29.0 Å². The van der Waals surface area contributed by atoms with Gasteiger partial charge in [0.2, 0.25) is 5.91 Å². The molecule has 0 spiro atoms. The molecule has 1 unspecified atom stereocenters. The number of nitrogens with two attached hydrogens (primary N) is 5. The summed E-state index contributed by atoms with van der Waals surface area (Å²) in [6, 6.07) is 7.25. The number of amides is 1. The molecule has 0 radical (unpaired) electrons. The fraction of sp³-hybridized carbons (Fsp3) is 0.538. The molecule has 1 aromatic carbocycles. The summed E-state index contributed by atoms with van der Waals surface area (Å²) in [6.45, 7) is 5.21. The highest BCUT2D eigenvalue weighted by atomic mass is 16.4. The zero-order valence-corrected chi connectivity index (χ0v) is 24.7. The highest BCUT2D eigenvalue weighted by Crippen LogP contribution is 2.01. The number of aliphatic carboxylic acids is 4. The molecule has 0 aliphatic heterocycles. The van der Waals surface area contributed by atoms with Gasteiger partial charge < -0.3 is 59.3 Å². The standard InChI is InChI=1S/C9H11NO2.C6H14N4O3.C5H10O2.C4H8O2.C2H5NO2/c10-8(9(11)12)6-7-4-2-1-3-5-7;7-4(5(12)13)3(11)1-2-10-6(8)9;1-4(2)3-5(6)7;1-2-3-4(5)6;3-2(5)1-4/h1-5,8H,6,10H2,(H,11,12);3-4,11H,1-2,7H2,(H,12,13)(H4,8,9,10);4H,3H2,1-2H3,(H,6,7);2-3H2,1H3,(H,5,6);4H,1H2,(H2,3,5)/t8-;3?,4-;;;/m00.../s1. The lowest BCUT2D eigenvalue weighted by molar-refractivity contribution is -0.141. The van der Waals surface area contributed by atoms with Crippen molar-refractivity contribution in [3.63, 3.8) is 0 Å². The van der Waals surface area contributed by atoms with Crippen molar-refractivity contribution >= 4 is 35.7 Å². The summed E-state index contributed by atoms with van der Waals surface area (Å²) in [6.07, 6.45) is 0.664. The number of guanidine groups is 1. The molecule has 43 heavy (non-hydrogen) atoms. The first-order valence-corrected chi connectivity index (χ1v) is 12.9. The fourth-order valence-corrected chi connectivity index (χ4v) is 2.19. The van der Waals surface area contributed by atoms with Gasteiger partial charge in [-0.2, -0.15) is 0 Å². The zero-order valence-electron chi connectivity index (χ0n) is 24.7. The summed E-state index contributed by atoms with van der Waals surface area (Å²) in [5.74, 6) is -4.15. The molecule has 0 aliphatic carbocycles. The normalized spacial score (nSPS) is 11.4. The molecule has 248 valence electrons. The van der Waals surface area contributed by atoms with Crippen LogP contribution in [0, 0.1) is 5.92 Å². The predicted molar refractivity (Wildman–Crippen MR) is 159 cm³/mol. The largest absolute Gasteiger partial charge is 0.481 e. The lowest BCUT2D eigenvalue weighted by Gasteiger charge is -2.12. The monoisotopic (exact) mass is 620 g/mol. The smallest absolute Gasteiger partial charge is 0.323 e. The summed E-state index contributed by atoms with van der Waals surface area (Å²) in [4.78, 5) is 53.0. The lowest BCUT2D eigenvalue weighted by atomic mass is 10.1. The number of carbonyl (C=O) groups is 5. The Kier molecular flexibility index (Phi) is 31.0. The maximum absolute atomic E-state index is 10.4. The van der Waals surface area contributed by atoms with Crippen molar-refractivity contribution in [2.75, 3.05) is 13.2 Å². The van der Waals surface area contributed by atoms with E-state index in [4.69, 9.17) is 53.6 Å². The molecular formula is C26H48N6O11. The van der Waals surface area contributed by atoms with Crippen molar-refractivity contribution in [2.45, 2.75) is 71.1 Å². The molecule has 17 heteroatoms. The van der Waals surface area contributed by atoms with Gasteiger partial charge in [-0.1, -0.05) is 51.1 Å². The number of hydrogen-bond donors (Lipinski definition) is 11. The Balaban J connectivity index is -0.000000233. The number of aliphatic hydroxyl groups is 2. The summed E-state index contributed by atoms with van der Waals surface area (Å²) in [5.41, 5.74) is 25.8. The van der Waals surface area contributed by atoms with Crippen LogP contribution in [0.5, 0.6) is 0 Å². The van der Waals surface area contributed by atoms with E-state index in [2.05, 4.69) is 10.7 Å². The van der Waals surface area contributed by atoms with Crippen molar-refractivity contribution in [1.82, 2.24) is 0 Å². The molecule has 0 heterocycles. The van der Waals surface area contributed by atoms with Crippen molar-refractivity contribution in [2.24, 2.45) is 39.6 Å². The molecule has 0 aliphatic rings. The van der Waals surface area contributed by atoms with Gasteiger partial charge in [0, 0.05) is 19.4 Å². The SMILES string of the molecule is CC(C)CC(=O)O.CCCC(=O)O.NC(=O)CO.NC(N)=NCCC(O)[C@H](N)C(=O)O.N[C@@H](Cc1ccccc1)C(=O)O. The minimum Gasteiger partial charge on any atom is -0.481 e. The van der Waals surface area contributed by atoms with E-state index in [0.29, 0.717) is 12.8 Å². The zero-order chi connectivity index (χ0) is 34.5. The Morgan fingerprint density at radius 3 is 1.60 bits per heavy atom. The molecule has 3 atom stereocenters. The van der Waals surface area contributed by atoms with Crippen LogP contribution in [0.1, 0.15) is 52.0 Å². The van der Waals surface area contributed by atoms with Crippen LogP contribution >= 0.6 is 0 Å². The highest BCUT2D eigenvalue weighted by molar-refractivity contribution is 5.76. The van der Waals surface area contributed by atoms with Crippen LogP contribution < -0.4 is 28.7 Å². The first-order valence-electron chi connectivity index (χ1n) is 12.9. The molecule has 17 nitrogen and oxygen atoms in total. The average Bonchev–Trinajstić information content (AvgIpc) is 2.89. The summed E-state index contributed by atoms with van der Waals surface area (Å²) in [7, 11) is 0. The minimum atomic E-state index is -1.30. The molecule has 16 N–H and O–H groups in total. The topological polar surface area (TPSA) is 349 Å². The van der Waals surface area contributed by atoms with Crippen molar-refractivity contribution in [3.05, 3.63) is 35.9 Å². The first-order chi connectivity index (χ1) is 19.8. The third-order valence-electron chi connectivity index (χ3n) is 4.24. The molecule has 1 aromatic rings. The molecule has 0 aromatic heterocycles. The second-order valence-corrected chi connectivity index (χ2v) is 8.92. The number of carboxylic acid groups (broad SMARTS) is 4. The van der Waals surface area contributed by atoms with E-state index in [9.17, 15) is 24.0 Å². The number of carbonyl (C=O) groups excluding carboxylic acids is 1. The van der Waals surface area contributed by atoms with Gasteiger partial charge in [-0.05, 0) is 30.7 Å².